The van der Waals surface area contributed by atoms with Crippen LogP contribution in [-0.4, -0.2) is 139 Å². The van der Waals surface area contributed by atoms with Crippen LogP contribution in [0.1, 0.15) is 101 Å². The molecule has 22 heteroatoms. The molecular formula is C50H60N12O10. The van der Waals surface area contributed by atoms with Gasteiger partial charge in [0, 0.05) is 99.7 Å². The molecule has 1 aliphatic heterocycles. The van der Waals surface area contributed by atoms with E-state index in [2.05, 4.69) is 31.9 Å². The van der Waals surface area contributed by atoms with Gasteiger partial charge in [-0.1, -0.05) is 12.1 Å². The van der Waals surface area contributed by atoms with E-state index in [0.717, 1.165) is 36.9 Å². The fourth-order valence-electron chi connectivity index (χ4n) is 8.08. The lowest BCUT2D eigenvalue weighted by Gasteiger charge is -2.27. The van der Waals surface area contributed by atoms with Gasteiger partial charge in [-0.3, -0.25) is 48.5 Å². The van der Waals surface area contributed by atoms with E-state index in [1.54, 1.807) is 53.8 Å². The minimum absolute atomic E-state index is 0.00459. The van der Waals surface area contributed by atoms with Gasteiger partial charge in [0.25, 0.3) is 41.1 Å². The van der Waals surface area contributed by atoms with Gasteiger partial charge < -0.3 is 50.8 Å². The van der Waals surface area contributed by atoms with Gasteiger partial charge in [0.15, 0.2) is 0 Å². The van der Waals surface area contributed by atoms with Gasteiger partial charge in [0.2, 0.25) is 11.8 Å². The maximum atomic E-state index is 14.2. The van der Waals surface area contributed by atoms with E-state index in [9.17, 15) is 48.5 Å². The molecule has 0 atom stereocenters. The number of nitrogens with one attached hydrogen (secondary N) is 6. The first-order chi connectivity index (χ1) is 34.3. The van der Waals surface area contributed by atoms with E-state index >= 15 is 0 Å². The molecule has 6 rings (SSSR count). The maximum absolute atomic E-state index is 14.2. The van der Waals surface area contributed by atoms with Crippen LogP contribution in [0.2, 0.25) is 0 Å². The van der Waals surface area contributed by atoms with Crippen molar-refractivity contribution in [2.75, 3.05) is 83.0 Å². The summed E-state index contributed by atoms with van der Waals surface area (Å²) in [6.07, 6.45) is 5.12. The SMILES string of the molecule is CN(C)CCCNC(=O)c1cc(NC(=O)CCCNC(=O)c2cc(C(=O)NCCCC(=O)Nc3cc(C(=O)NCCCN(C)C)n(C)c3)cc(N3C(=O)c4cccc5cc([N+](=O)[O-])cc(c45)C3=O)c2)cn1C. The van der Waals surface area contributed by atoms with Gasteiger partial charge >= 0.3 is 0 Å². The zero-order valence-electron chi connectivity index (χ0n) is 41.2. The molecule has 22 nitrogen and oxygen atoms in total. The Balaban J connectivity index is 1.11. The zero-order chi connectivity index (χ0) is 52.2. The molecule has 2 aromatic heterocycles. The highest BCUT2D eigenvalue weighted by molar-refractivity contribution is 6.36. The second kappa shape index (κ2) is 24.1. The molecule has 0 radical (unpaired) electrons. The van der Waals surface area contributed by atoms with Crippen molar-refractivity contribution in [3.63, 3.8) is 0 Å². The second-order valence-corrected chi connectivity index (χ2v) is 18.0. The van der Waals surface area contributed by atoms with Crippen LogP contribution in [0.3, 0.4) is 0 Å². The van der Waals surface area contributed by atoms with Crippen molar-refractivity contribution >= 4 is 80.8 Å². The Morgan fingerprint density at radius 2 is 1.04 bits per heavy atom. The first-order valence-electron chi connectivity index (χ1n) is 23.4. The molecule has 3 aromatic carbocycles. The minimum atomic E-state index is -0.911. The van der Waals surface area contributed by atoms with Crippen molar-refractivity contribution < 1.29 is 43.3 Å². The predicted molar refractivity (Wildman–Crippen MR) is 270 cm³/mol. The molecule has 0 saturated heterocycles. The summed E-state index contributed by atoms with van der Waals surface area (Å²) >= 11 is 0. The number of benzene rings is 3. The third-order valence-electron chi connectivity index (χ3n) is 11.7. The molecule has 0 saturated carbocycles. The molecule has 0 spiro atoms. The number of nitro benzene ring substituents is 1. The molecule has 0 aliphatic carbocycles. The van der Waals surface area contributed by atoms with Gasteiger partial charge in [0.05, 0.1) is 27.5 Å². The van der Waals surface area contributed by atoms with Crippen molar-refractivity contribution in [1.82, 2.24) is 40.2 Å². The highest BCUT2D eigenvalue weighted by Gasteiger charge is 2.36. The fourth-order valence-corrected chi connectivity index (χ4v) is 8.08. The Hall–Kier alpha value is -8.24. The summed E-state index contributed by atoms with van der Waals surface area (Å²) in [5, 5.41) is 29.1. The van der Waals surface area contributed by atoms with Crippen LogP contribution in [0.4, 0.5) is 22.7 Å². The lowest BCUT2D eigenvalue weighted by molar-refractivity contribution is -0.384. The van der Waals surface area contributed by atoms with Gasteiger partial charge in [-0.05, 0) is 109 Å². The number of hydrogen-bond acceptors (Lipinski definition) is 12. The summed E-state index contributed by atoms with van der Waals surface area (Å²) in [4.78, 5) is 123. The molecule has 380 valence electrons. The smallest absolute Gasteiger partial charge is 0.270 e. The fraction of sp³-hybridized carbons (Fsp3) is 0.360. The van der Waals surface area contributed by atoms with Crippen LogP contribution in [0.25, 0.3) is 10.8 Å². The lowest BCUT2D eigenvalue weighted by Crippen LogP contribution is -2.41. The number of amides is 8. The van der Waals surface area contributed by atoms with Crippen LogP contribution in [0.5, 0.6) is 0 Å². The quantitative estimate of drug-likeness (QED) is 0.0223. The maximum Gasteiger partial charge on any atom is 0.270 e. The summed E-state index contributed by atoms with van der Waals surface area (Å²) < 4.78 is 3.21. The molecule has 0 unspecified atom stereocenters. The number of nitro groups is 1. The van der Waals surface area contributed by atoms with Crippen molar-refractivity contribution in [2.45, 2.75) is 38.5 Å². The van der Waals surface area contributed by atoms with Gasteiger partial charge in [-0.15, -0.1) is 0 Å². The van der Waals surface area contributed by atoms with E-state index in [1.807, 2.05) is 38.0 Å². The van der Waals surface area contributed by atoms with Crippen LogP contribution in [-0.2, 0) is 23.7 Å². The van der Waals surface area contributed by atoms with Crippen molar-refractivity contribution in [1.29, 1.82) is 0 Å². The second-order valence-electron chi connectivity index (χ2n) is 18.0. The van der Waals surface area contributed by atoms with Crippen LogP contribution in [0, 0.1) is 10.1 Å². The number of nitrogens with zero attached hydrogens (tertiary/aromatic N) is 6. The Morgan fingerprint density at radius 3 is 1.51 bits per heavy atom. The van der Waals surface area contributed by atoms with E-state index in [1.165, 1.54) is 36.4 Å². The Morgan fingerprint density at radius 1 is 0.583 bits per heavy atom. The van der Waals surface area contributed by atoms with Crippen molar-refractivity contribution in [3.8, 4) is 0 Å². The molecule has 3 heterocycles. The number of non-ortho nitro benzene ring substituents is 1. The summed E-state index contributed by atoms with van der Waals surface area (Å²) in [6.45, 7) is 2.62. The van der Waals surface area contributed by atoms with Gasteiger partial charge in [0.1, 0.15) is 11.4 Å². The standard InChI is InChI=1S/C50H60N12O10/c1-57(2)20-10-18-53-47(67)40-26-34(29-59(40)5)55-42(63)14-8-16-51-45(65)32-22-33(25-36(24-32)61-49(69)38-13-7-12-31-23-37(62(71)72)28-39(44(31)38)50(61)70)46(66)52-17-9-15-43(64)56-35-27-41(60(6)30-35)48(68)54-19-11-21-58(3)4/h7,12-13,22-30H,8-11,14-21H2,1-6H3,(H,51,65)(H,52,66)(H,53,67)(H,54,68)(H,55,63)(H,56,64). The van der Waals surface area contributed by atoms with Crippen LogP contribution in [0.15, 0.2) is 73.1 Å². The average Bonchev–Trinajstić information content (AvgIpc) is 3.90. The van der Waals surface area contributed by atoms with E-state index in [0.29, 0.717) is 41.2 Å². The molecule has 6 N–H and O–H groups in total. The van der Waals surface area contributed by atoms with Crippen LogP contribution < -0.4 is 36.8 Å². The molecule has 8 amide bonds. The van der Waals surface area contributed by atoms with Crippen molar-refractivity contribution in [3.05, 3.63) is 117 Å². The number of aromatic nitrogens is 2. The topological polar surface area (TPSA) is 271 Å². The Labute approximate surface area is 415 Å². The molecule has 0 bridgehead atoms. The van der Waals surface area contributed by atoms with E-state index in [4.69, 9.17) is 0 Å². The normalized spacial score (nSPS) is 12.0. The highest BCUT2D eigenvalue weighted by atomic mass is 16.6. The number of rotatable bonds is 24. The highest BCUT2D eigenvalue weighted by Crippen LogP contribution is 2.36. The summed E-state index contributed by atoms with van der Waals surface area (Å²) in [7, 11) is 11.2. The zero-order valence-corrected chi connectivity index (χ0v) is 41.2. The first-order valence-corrected chi connectivity index (χ1v) is 23.4. The third kappa shape index (κ3) is 13.5. The van der Waals surface area contributed by atoms with E-state index < -0.39 is 28.6 Å². The molecule has 5 aromatic rings. The summed E-state index contributed by atoms with van der Waals surface area (Å²) in [5.74, 6) is -4.40. The number of carbonyl (C=O) groups excluding carboxylic acids is 8. The third-order valence-corrected chi connectivity index (χ3v) is 11.7. The minimum Gasteiger partial charge on any atom is -0.352 e. The molecule has 0 fully saturated rings. The van der Waals surface area contributed by atoms with Crippen molar-refractivity contribution in [2.24, 2.45) is 14.1 Å². The lowest BCUT2D eigenvalue weighted by atomic mass is 9.92. The monoisotopic (exact) mass is 988 g/mol. The molecule has 72 heavy (non-hydrogen) atoms. The Bertz CT molecular complexity index is 2800. The molecule has 1 aliphatic rings. The summed E-state index contributed by atoms with van der Waals surface area (Å²) in [5.41, 5.74) is 0.740. The van der Waals surface area contributed by atoms with Crippen LogP contribution >= 0.6 is 0 Å². The van der Waals surface area contributed by atoms with Gasteiger partial charge in [-0.2, -0.15) is 0 Å². The van der Waals surface area contributed by atoms with E-state index in [-0.39, 0.29) is 101 Å². The number of aryl methyl sites for hydroxylation is 2. The number of hydrogen-bond donors (Lipinski definition) is 6. The van der Waals surface area contributed by atoms with Gasteiger partial charge in [-0.25, -0.2) is 4.90 Å². The number of carbonyl (C=O) groups is 8. The predicted octanol–water partition coefficient (Wildman–Crippen LogP) is 3.89. The first kappa shape index (κ1) is 53.1. The summed E-state index contributed by atoms with van der Waals surface area (Å²) in [6, 6.07) is 13.8. The average molecular weight is 989 g/mol. The largest absolute Gasteiger partial charge is 0.352 e. The number of anilines is 3. The molecular weight excluding hydrogens is 929 g/mol. The number of imide groups is 1. The Kier molecular flexibility index (Phi) is 17.7.